The second kappa shape index (κ2) is 6.80. The SMILES string of the molecule is CCCN(c1ccccc1N)C1CCCC(OC)C1. The lowest BCUT2D eigenvalue weighted by Crippen LogP contribution is -2.41. The maximum Gasteiger partial charge on any atom is 0.0602 e. The van der Waals surface area contributed by atoms with Crippen molar-refractivity contribution in [3.05, 3.63) is 24.3 Å². The third kappa shape index (κ3) is 3.41. The second-order valence-corrected chi connectivity index (χ2v) is 5.43. The highest BCUT2D eigenvalue weighted by Crippen LogP contribution is 2.31. The molecular formula is C16H26N2O. The van der Waals surface area contributed by atoms with E-state index in [1.807, 2.05) is 19.2 Å². The first-order valence-corrected chi connectivity index (χ1v) is 7.40. The van der Waals surface area contributed by atoms with Gasteiger partial charge in [0.25, 0.3) is 0 Å². The number of para-hydroxylation sites is 2. The van der Waals surface area contributed by atoms with Gasteiger partial charge in [-0.15, -0.1) is 0 Å². The summed E-state index contributed by atoms with van der Waals surface area (Å²) in [5.74, 6) is 0. The minimum atomic E-state index is 0.406. The van der Waals surface area contributed by atoms with Gasteiger partial charge in [-0.2, -0.15) is 0 Å². The molecule has 2 rings (SSSR count). The highest BCUT2D eigenvalue weighted by molar-refractivity contribution is 5.67. The number of hydrogen-bond acceptors (Lipinski definition) is 3. The standard InChI is InChI=1S/C16H26N2O/c1-3-11-18(16-10-5-4-9-15(16)17)13-7-6-8-14(12-13)19-2/h4-5,9-10,13-14H,3,6-8,11-12,17H2,1-2H3. The number of anilines is 2. The van der Waals surface area contributed by atoms with Crippen molar-refractivity contribution in [3.8, 4) is 0 Å². The van der Waals surface area contributed by atoms with Crippen LogP contribution in [-0.4, -0.2) is 25.8 Å². The van der Waals surface area contributed by atoms with Gasteiger partial charge in [0.05, 0.1) is 17.5 Å². The molecule has 3 nitrogen and oxygen atoms in total. The zero-order valence-electron chi connectivity index (χ0n) is 12.1. The first-order chi connectivity index (χ1) is 9.26. The van der Waals surface area contributed by atoms with E-state index in [4.69, 9.17) is 10.5 Å². The molecule has 2 atom stereocenters. The van der Waals surface area contributed by atoms with Crippen LogP contribution in [0.25, 0.3) is 0 Å². The Morgan fingerprint density at radius 2 is 2.11 bits per heavy atom. The van der Waals surface area contributed by atoms with Crippen molar-refractivity contribution in [3.63, 3.8) is 0 Å². The van der Waals surface area contributed by atoms with E-state index in [1.54, 1.807) is 0 Å². The van der Waals surface area contributed by atoms with Crippen molar-refractivity contribution in [2.24, 2.45) is 0 Å². The summed E-state index contributed by atoms with van der Waals surface area (Å²) in [6.07, 6.45) is 6.34. The molecule has 0 saturated heterocycles. The van der Waals surface area contributed by atoms with Crippen molar-refractivity contribution in [2.75, 3.05) is 24.3 Å². The highest BCUT2D eigenvalue weighted by atomic mass is 16.5. The Labute approximate surface area is 116 Å². The molecule has 1 saturated carbocycles. The fraction of sp³-hybridized carbons (Fsp3) is 0.625. The van der Waals surface area contributed by atoms with Crippen molar-refractivity contribution >= 4 is 11.4 Å². The molecule has 0 spiro atoms. The lowest BCUT2D eigenvalue weighted by molar-refractivity contribution is 0.0631. The zero-order chi connectivity index (χ0) is 13.7. The number of nitrogens with two attached hydrogens (primary N) is 1. The van der Waals surface area contributed by atoms with E-state index in [0.29, 0.717) is 12.1 Å². The van der Waals surface area contributed by atoms with Gasteiger partial charge >= 0.3 is 0 Å². The molecule has 2 N–H and O–H groups in total. The lowest BCUT2D eigenvalue weighted by atomic mass is 9.91. The predicted molar refractivity (Wildman–Crippen MR) is 81.5 cm³/mol. The highest BCUT2D eigenvalue weighted by Gasteiger charge is 2.27. The fourth-order valence-corrected chi connectivity index (χ4v) is 3.11. The Morgan fingerprint density at radius 3 is 2.79 bits per heavy atom. The van der Waals surface area contributed by atoms with E-state index in [1.165, 1.54) is 24.9 Å². The lowest BCUT2D eigenvalue weighted by Gasteiger charge is -2.39. The molecule has 0 aliphatic heterocycles. The molecular weight excluding hydrogens is 236 g/mol. The summed E-state index contributed by atoms with van der Waals surface area (Å²) in [5.41, 5.74) is 8.22. The Morgan fingerprint density at radius 1 is 1.32 bits per heavy atom. The van der Waals surface area contributed by atoms with Gasteiger partial charge in [-0.25, -0.2) is 0 Å². The zero-order valence-corrected chi connectivity index (χ0v) is 12.1. The van der Waals surface area contributed by atoms with Gasteiger partial charge in [0.2, 0.25) is 0 Å². The summed E-state index contributed by atoms with van der Waals surface area (Å²) in [6, 6.07) is 8.77. The van der Waals surface area contributed by atoms with E-state index < -0.39 is 0 Å². The van der Waals surface area contributed by atoms with Crippen molar-refractivity contribution < 1.29 is 4.74 Å². The number of methoxy groups -OCH3 is 1. The average molecular weight is 262 g/mol. The van der Waals surface area contributed by atoms with Crippen LogP contribution in [0.4, 0.5) is 11.4 Å². The second-order valence-electron chi connectivity index (χ2n) is 5.43. The number of benzene rings is 1. The number of nitrogen functional groups attached to an aromatic ring is 1. The molecule has 0 aromatic heterocycles. The largest absolute Gasteiger partial charge is 0.397 e. The van der Waals surface area contributed by atoms with Crippen LogP contribution in [0, 0.1) is 0 Å². The molecule has 0 radical (unpaired) electrons. The summed E-state index contributed by atoms with van der Waals surface area (Å²) >= 11 is 0. The van der Waals surface area contributed by atoms with Gasteiger partial charge in [0.15, 0.2) is 0 Å². The minimum Gasteiger partial charge on any atom is -0.397 e. The van der Waals surface area contributed by atoms with Gasteiger partial charge in [0.1, 0.15) is 0 Å². The smallest absolute Gasteiger partial charge is 0.0602 e. The number of hydrogen-bond donors (Lipinski definition) is 1. The molecule has 3 heteroatoms. The third-order valence-corrected chi connectivity index (χ3v) is 4.08. The number of nitrogens with zero attached hydrogens (tertiary/aromatic N) is 1. The summed E-state index contributed by atoms with van der Waals surface area (Å²) in [7, 11) is 1.83. The molecule has 1 fully saturated rings. The van der Waals surface area contributed by atoms with Crippen molar-refractivity contribution in [2.45, 2.75) is 51.2 Å². The molecule has 1 aliphatic carbocycles. The van der Waals surface area contributed by atoms with E-state index in [9.17, 15) is 0 Å². The van der Waals surface area contributed by atoms with E-state index >= 15 is 0 Å². The Hall–Kier alpha value is -1.22. The first kappa shape index (κ1) is 14.2. The van der Waals surface area contributed by atoms with Gasteiger partial charge in [-0.1, -0.05) is 19.1 Å². The van der Waals surface area contributed by atoms with E-state index in [2.05, 4.69) is 24.0 Å². The summed E-state index contributed by atoms with van der Waals surface area (Å²) < 4.78 is 5.56. The summed E-state index contributed by atoms with van der Waals surface area (Å²) in [5, 5.41) is 0. The van der Waals surface area contributed by atoms with Crippen LogP contribution in [0.5, 0.6) is 0 Å². The monoisotopic (exact) mass is 262 g/mol. The van der Waals surface area contributed by atoms with Crippen LogP contribution in [0.15, 0.2) is 24.3 Å². The molecule has 0 bridgehead atoms. The van der Waals surface area contributed by atoms with Crippen LogP contribution in [-0.2, 0) is 4.74 Å². The summed E-state index contributed by atoms with van der Waals surface area (Å²) in [4.78, 5) is 2.49. The topological polar surface area (TPSA) is 38.5 Å². The maximum absolute atomic E-state index is 6.15. The minimum absolute atomic E-state index is 0.406. The van der Waals surface area contributed by atoms with Crippen LogP contribution in [0.2, 0.25) is 0 Å². The van der Waals surface area contributed by atoms with Crippen LogP contribution in [0.3, 0.4) is 0 Å². The summed E-state index contributed by atoms with van der Waals surface area (Å²) in [6.45, 7) is 3.29. The normalized spacial score (nSPS) is 23.3. The van der Waals surface area contributed by atoms with E-state index in [0.717, 1.165) is 25.1 Å². The number of rotatable bonds is 5. The van der Waals surface area contributed by atoms with Crippen molar-refractivity contribution in [1.29, 1.82) is 0 Å². The molecule has 1 aliphatic rings. The predicted octanol–water partition coefficient (Wildman–Crippen LogP) is 3.44. The molecule has 0 amide bonds. The third-order valence-electron chi connectivity index (χ3n) is 4.08. The molecule has 106 valence electrons. The molecule has 2 unspecified atom stereocenters. The molecule has 19 heavy (non-hydrogen) atoms. The first-order valence-electron chi connectivity index (χ1n) is 7.40. The van der Waals surface area contributed by atoms with Crippen LogP contribution >= 0.6 is 0 Å². The average Bonchev–Trinajstić information content (AvgIpc) is 2.46. The van der Waals surface area contributed by atoms with Gasteiger partial charge in [-0.05, 0) is 44.2 Å². The Bertz CT molecular complexity index is 394. The van der Waals surface area contributed by atoms with E-state index in [-0.39, 0.29) is 0 Å². The van der Waals surface area contributed by atoms with Gasteiger partial charge in [0, 0.05) is 19.7 Å². The molecule has 1 aromatic rings. The van der Waals surface area contributed by atoms with Crippen LogP contribution < -0.4 is 10.6 Å². The Balaban J connectivity index is 2.17. The van der Waals surface area contributed by atoms with Crippen molar-refractivity contribution in [1.82, 2.24) is 0 Å². The van der Waals surface area contributed by atoms with Gasteiger partial charge in [-0.3, -0.25) is 0 Å². The molecule has 0 heterocycles. The maximum atomic E-state index is 6.15. The van der Waals surface area contributed by atoms with Gasteiger partial charge < -0.3 is 15.4 Å². The fourth-order valence-electron chi connectivity index (χ4n) is 3.11. The van der Waals surface area contributed by atoms with Crippen LogP contribution in [0.1, 0.15) is 39.0 Å². The quantitative estimate of drug-likeness (QED) is 0.826. The molecule has 1 aromatic carbocycles. The Kier molecular flexibility index (Phi) is 5.08. The number of ether oxygens (including phenoxy) is 1.